The van der Waals surface area contributed by atoms with Gasteiger partial charge in [0.05, 0.1) is 22.4 Å². The van der Waals surface area contributed by atoms with E-state index in [2.05, 4.69) is 10.8 Å². The summed E-state index contributed by atoms with van der Waals surface area (Å²) in [5, 5.41) is 1.07. The quantitative estimate of drug-likeness (QED) is 0.456. The van der Waals surface area contributed by atoms with Crippen LogP contribution >= 0.6 is 23.2 Å². The molecule has 9 heteroatoms. The molecule has 0 heterocycles. The average Bonchev–Trinajstić information content (AvgIpc) is 2.76. The van der Waals surface area contributed by atoms with Gasteiger partial charge in [0.25, 0.3) is 0 Å². The van der Waals surface area contributed by atoms with Gasteiger partial charge in [0, 0.05) is 25.1 Å². The molecule has 0 saturated heterocycles. The number of hydrogen-bond acceptors (Lipinski definition) is 5. The standard InChI is InChI=1S/C23H30Cl2N2O4S/c1-2-30-11-12-32(28,29)27-9-10-31-18-6-4-17-5-8-23(26)20(19(17)15-18)13-16-3-7-21(24)22(25)14-16/h3-4,6-7,14-15,20,23,27H,2,5,8-13,26H2,1H3. The van der Waals surface area contributed by atoms with Gasteiger partial charge in [-0.15, -0.1) is 0 Å². The van der Waals surface area contributed by atoms with Crippen LogP contribution < -0.4 is 15.2 Å². The number of benzene rings is 2. The van der Waals surface area contributed by atoms with Gasteiger partial charge in [0.2, 0.25) is 10.0 Å². The van der Waals surface area contributed by atoms with Crippen LogP contribution in [0.4, 0.5) is 0 Å². The van der Waals surface area contributed by atoms with Crippen molar-refractivity contribution in [2.24, 2.45) is 5.73 Å². The van der Waals surface area contributed by atoms with Crippen molar-refractivity contribution in [2.45, 2.75) is 38.1 Å². The summed E-state index contributed by atoms with van der Waals surface area (Å²) in [6, 6.07) is 11.7. The molecule has 3 N–H and O–H groups in total. The second-order valence-corrected chi connectivity index (χ2v) is 10.6. The molecule has 2 aromatic carbocycles. The lowest BCUT2D eigenvalue weighted by molar-refractivity contribution is 0.163. The van der Waals surface area contributed by atoms with E-state index >= 15 is 0 Å². The molecule has 176 valence electrons. The fourth-order valence-electron chi connectivity index (χ4n) is 3.92. The molecule has 0 radical (unpaired) electrons. The molecule has 0 amide bonds. The van der Waals surface area contributed by atoms with Gasteiger partial charge in [0.1, 0.15) is 12.4 Å². The molecule has 0 bridgehead atoms. The van der Waals surface area contributed by atoms with Crippen LogP contribution in [0, 0.1) is 0 Å². The average molecular weight is 501 g/mol. The SMILES string of the molecule is CCOCCS(=O)(=O)NCCOc1ccc2c(c1)C(Cc1ccc(Cl)c(Cl)c1)C(N)CC2. The summed E-state index contributed by atoms with van der Waals surface area (Å²) in [5.41, 5.74) is 10.0. The van der Waals surface area contributed by atoms with E-state index in [1.165, 1.54) is 11.1 Å². The zero-order valence-electron chi connectivity index (χ0n) is 18.2. The molecule has 2 aromatic rings. The first-order valence-electron chi connectivity index (χ1n) is 10.8. The Labute approximate surface area is 200 Å². The maximum absolute atomic E-state index is 11.9. The predicted molar refractivity (Wildman–Crippen MR) is 129 cm³/mol. The molecule has 32 heavy (non-hydrogen) atoms. The third-order valence-electron chi connectivity index (χ3n) is 5.61. The molecule has 2 unspecified atom stereocenters. The number of aryl methyl sites for hydroxylation is 1. The van der Waals surface area contributed by atoms with Gasteiger partial charge in [-0.25, -0.2) is 13.1 Å². The number of sulfonamides is 1. The second kappa shape index (κ2) is 11.7. The lowest BCUT2D eigenvalue weighted by atomic mass is 9.76. The lowest BCUT2D eigenvalue weighted by Crippen LogP contribution is -2.34. The van der Waals surface area contributed by atoms with E-state index in [1.54, 1.807) is 0 Å². The van der Waals surface area contributed by atoms with Crippen LogP contribution in [0.1, 0.15) is 36.0 Å². The largest absolute Gasteiger partial charge is 0.492 e. The third-order valence-corrected chi connectivity index (χ3v) is 7.70. The molecule has 1 aliphatic rings. The maximum Gasteiger partial charge on any atom is 0.213 e. The van der Waals surface area contributed by atoms with E-state index in [0.29, 0.717) is 22.4 Å². The van der Waals surface area contributed by atoms with Gasteiger partial charge < -0.3 is 15.2 Å². The first-order chi connectivity index (χ1) is 15.3. The molecule has 2 atom stereocenters. The topological polar surface area (TPSA) is 90.7 Å². The van der Waals surface area contributed by atoms with Crippen LogP contribution in [0.15, 0.2) is 36.4 Å². The summed E-state index contributed by atoms with van der Waals surface area (Å²) < 4.78 is 37.3. The monoisotopic (exact) mass is 500 g/mol. The molecule has 3 rings (SSSR count). The summed E-state index contributed by atoms with van der Waals surface area (Å²) in [4.78, 5) is 0. The number of nitrogens with one attached hydrogen (secondary N) is 1. The fourth-order valence-corrected chi connectivity index (χ4v) is 5.12. The van der Waals surface area contributed by atoms with E-state index in [1.807, 2.05) is 37.3 Å². The molecule has 1 aliphatic carbocycles. The Bertz CT molecular complexity index is 1020. The molecule has 6 nitrogen and oxygen atoms in total. The van der Waals surface area contributed by atoms with Crippen molar-refractivity contribution < 1.29 is 17.9 Å². The Morgan fingerprint density at radius 2 is 1.94 bits per heavy atom. The van der Waals surface area contributed by atoms with Crippen molar-refractivity contribution in [1.82, 2.24) is 4.72 Å². The smallest absolute Gasteiger partial charge is 0.213 e. The van der Waals surface area contributed by atoms with Crippen LogP contribution in [-0.2, 0) is 27.6 Å². The predicted octanol–water partition coefficient (Wildman–Crippen LogP) is 3.93. The summed E-state index contributed by atoms with van der Waals surface area (Å²) in [6.07, 6.45) is 2.60. The van der Waals surface area contributed by atoms with E-state index in [0.717, 1.165) is 24.8 Å². The number of hydrogen-bond donors (Lipinski definition) is 2. The third kappa shape index (κ3) is 7.07. The summed E-state index contributed by atoms with van der Waals surface area (Å²) >= 11 is 12.2. The summed E-state index contributed by atoms with van der Waals surface area (Å²) in [5.74, 6) is 0.774. The van der Waals surface area contributed by atoms with Crippen LogP contribution in [0.3, 0.4) is 0 Å². The van der Waals surface area contributed by atoms with Crippen molar-refractivity contribution >= 4 is 33.2 Å². The van der Waals surface area contributed by atoms with E-state index in [-0.39, 0.29) is 37.5 Å². The molecule has 0 aromatic heterocycles. The van der Waals surface area contributed by atoms with Crippen molar-refractivity contribution in [3.8, 4) is 5.75 Å². The maximum atomic E-state index is 11.9. The number of nitrogens with two attached hydrogens (primary N) is 1. The minimum absolute atomic E-state index is 0.0318. The van der Waals surface area contributed by atoms with Gasteiger partial charge in [-0.05, 0) is 67.1 Å². The first kappa shape index (κ1) is 25.3. The van der Waals surface area contributed by atoms with Crippen molar-refractivity contribution in [3.63, 3.8) is 0 Å². The van der Waals surface area contributed by atoms with E-state index < -0.39 is 10.0 Å². The summed E-state index contributed by atoms with van der Waals surface area (Å²) in [7, 11) is -3.37. The molecular formula is C23H30Cl2N2O4S. The van der Waals surface area contributed by atoms with E-state index in [9.17, 15) is 8.42 Å². The number of ether oxygens (including phenoxy) is 2. The van der Waals surface area contributed by atoms with Gasteiger partial charge in [-0.1, -0.05) is 35.3 Å². The minimum Gasteiger partial charge on any atom is -0.492 e. The van der Waals surface area contributed by atoms with Gasteiger partial charge in [0.15, 0.2) is 0 Å². The first-order valence-corrected chi connectivity index (χ1v) is 13.2. The van der Waals surface area contributed by atoms with Crippen molar-refractivity contribution in [3.05, 3.63) is 63.1 Å². The zero-order chi connectivity index (χ0) is 23.1. The molecule has 0 fully saturated rings. The zero-order valence-corrected chi connectivity index (χ0v) is 20.5. The van der Waals surface area contributed by atoms with Crippen LogP contribution in [-0.4, -0.2) is 46.6 Å². The highest BCUT2D eigenvalue weighted by atomic mass is 35.5. The van der Waals surface area contributed by atoms with E-state index in [4.69, 9.17) is 38.4 Å². The number of halogens is 2. The van der Waals surface area contributed by atoms with Crippen LogP contribution in [0.25, 0.3) is 0 Å². The number of rotatable bonds is 11. The molecular weight excluding hydrogens is 471 g/mol. The summed E-state index contributed by atoms with van der Waals surface area (Å²) in [6.45, 7) is 2.92. The normalized spacial score (nSPS) is 18.4. The minimum atomic E-state index is -3.37. The highest BCUT2D eigenvalue weighted by molar-refractivity contribution is 7.89. The fraction of sp³-hybridized carbons (Fsp3) is 0.478. The Balaban J connectivity index is 1.63. The Morgan fingerprint density at radius 3 is 2.69 bits per heavy atom. The molecule has 0 spiro atoms. The Kier molecular flexibility index (Phi) is 9.22. The van der Waals surface area contributed by atoms with Crippen molar-refractivity contribution in [1.29, 1.82) is 0 Å². The lowest BCUT2D eigenvalue weighted by Gasteiger charge is -2.32. The van der Waals surface area contributed by atoms with Crippen LogP contribution in [0.2, 0.25) is 10.0 Å². The van der Waals surface area contributed by atoms with Crippen molar-refractivity contribution in [2.75, 3.05) is 32.1 Å². The molecule has 0 saturated carbocycles. The molecule has 0 aliphatic heterocycles. The van der Waals surface area contributed by atoms with Crippen LogP contribution in [0.5, 0.6) is 5.75 Å². The van der Waals surface area contributed by atoms with Gasteiger partial charge in [-0.3, -0.25) is 0 Å². The Morgan fingerprint density at radius 1 is 1.12 bits per heavy atom. The number of fused-ring (bicyclic) bond motifs is 1. The Hall–Kier alpha value is -1.35. The highest BCUT2D eigenvalue weighted by Gasteiger charge is 2.28. The second-order valence-electron chi connectivity index (χ2n) is 7.88. The van der Waals surface area contributed by atoms with Gasteiger partial charge >= 0.3 is 0 Å². The highest BCUT2D eigenvalue weighted by Crippen LogP contribution is 2.36. The van der Waals surface area contributed by atoms with Gasteiger partial charge in [-0.2, -0.15) is 0 Å².